The van der Waals surface area contributed by atoms with E-state index in [1.807, 2.05) is 18.2 Å². The van der Waals surface area contributed by atoms with E-state index in [4.69, 9.17) is 35.2 Å². The number of methoxy groups -OCH3 is 1. The van der Waals surface area contributed by atoms with Crippen LogP contribution in [0, 0.1) is 0 Å². The Kier molecular flexibility index (Phi) is 10.8. The van der Waals surface area contributed by atoms with Gasteiger partial charge in [-0.2, -0.15) is 0 Å². The van der Waals surface area contributed by atoms with Crippen molar-refractivity contribution in [2.24, 2.45) is 0 Å². The van der Waals surface area contributed by atoms with E-state index >= 15 is 0 Å². The van der Waals surface area contributed by atoms with Crippen molar-refractivity contribution >= 4 is 47.3 Å². The molecule has 4 aromatic carbocycles. The molecule has 234 valence electrons. The topological polar surface area (TPSA) is 184 Å². The van der Waals surface area contributed by atoms with Crippen LogP contribution in [-0.4, -0.2) is 50.2 Å². The summed E-state index contributed by atoms with van der Waals surface area (Å²) in [5.74, 6) is -5.32. The van der Waals surface area contributed by atoms with Crippen molar-refractivity contribution < 1.29 is 47.7 Å². The van der Waals surface area contributed by atoms with Gasteiger partial charge in [-0.05, 0) is 48.0 Å². The van der Waals surface area contributed by atoms with Gasteiger partial charge in [0.15, 0.2) is 0 Å². The highest BCUT2D eigenvalue weighted by Gasteiger charge is 2.26. The highest BCUT2D eigenvalue weighted by atomic mass is 16.6. The molecule has 4 aromatic rings. The molecule has 0 aliphatic heterocycles. The van der Waals surface area contributed by atoms with E-state index in [0.717, 1.165) is 24.8 Å². The third kappa shape index (κ3) is 8.80. The number of carbonyl (C=O) groups is 5. The maximum atomic E-state index is 13.2. The van der Waals surface area contributed by atoms with Gasteiger partial charge in [-0.15, -0.1) is 0 Å². The number of hydrogen-bond donors (Lipinski definition) is 2. The fourth-order valence-corrected chi connectivity index (χ4v) is 3.94. The third-order valence-electron chi connectivity index (χ3n) is 6.13. The maximum absolute atomic E-state index is 13.2. The van der Waals surface area contributed by atoms with Gasteiger partial charge < -0.3 is 35.2 Å². The summed E-state index contributed by atoms with van der Waals surface area (Å²) in [6.45, 7) is -0.691. The zero-order valence-corrected chi connectivity index (χ0v) is 24.5. The van der Waals surface area contributed by atoms with E-state index in [1.165, 1.54) is 42.5 Å². The molecule has 0 atom stereocenters. The number of benzene rings is 4. The van der Waals surface area contributed by atoms with Crippen LogP contribution < -0.4 is 20.9 Å². The molecule has 0 saturated carbocycles. The highest BCUT2D eigenvalue weighted by molar-refractivity contribution is 6.02. The molecule has 0 aliphatic rings. The van der Waals surface area contributed by atoms with Crippen molar-refractivity contribution in [1.82, 2.24) is 0 Å². The number of esters is 5. The van der Waals surface area contributed by atoms with Crippen molar-refractivity contribution in [2.45, 2.75) is 0 Å². The van der Waals surface area contributed by atoms with Crippen LogP contribution in [-0.2, 0) is 19.0 Å². The van der Waals surface area contributed by atoms with Crippen LogP contribution in [0.2, 0.25) is 0 Å². The molecule has 0 bridgehead atoms. The Balaban J connectivity index is 1.58. The summed E-state index contributed by atoms with van der Waals surface area (Å²) in [5.41, 5.74) is 12.3. The van der Waals surface area contributed by atoms with Gasteiger partial charge in [0.25, 0.3) is 0 Å². The van der Waals surface area contributed by atoms with Gasteiger partial charge in [-0.25, -0.2) is 24.0 Å². The Morgan fingerprint density at radius 3 is 1.65 bits per heavy atom. The standard InChI is InChI=1S/C34H28N2O10/c1-42-33(40)26-19-29(46-32(39)23-10-6-12-25(36)18-23)27(20-28(26)45-31(38)22-9-5-11-24(35)17-22)34(41)44-16-15-43-30(37)14-13-21-7-3-2-4-8-21/h2-14,17-20H,15-16,35-36H2,1H3/b14-13+. The van der Waals surface area contributed by atoms with E-state index in [-0.39, 0.29) is 41.3 Å². The van der Waals surface area contributed by atoms with Gasteiger partial charge in [0.05, 0.1) is 18.2 Å². The number of rotatable bonds is 11. The van der Waals surface area contributed by atoms with E-state index < -0.39 is 46.9 Å². The lowest BCUT2D eigenvalue weighted by atomic mass is 10.1. The highest BCUT2D eigenvalue weighted by Crippen LogP contribution is 2.32. The Hall–Kier alpha value is -6.43. The molecule has 0 spiro atoms. The molecule has 0 aliphatic carbocycles. The van der Waals surface area contributed by atoms with E-state index in [2.05, 4.69) is 0 Å². The van der Waals surface area contributed by atoms with Crippen molar-refractivity contribution in [3.05, 3.63) is 125 Å². The van der Waals surface area contributed by atoms with E-state index in [0.29, 0.717) is 0 Å². The molecule has 0 heterocycles. The van der Waals surface area contributed by atoms with Crippen molar-refractivity contribution in [3.63, 3.8) is 0 Å². The summed E-state index contributed by atoms with van der Waals surface area (Å²) < 4.78 is 26.1. The lowest BCUT2D eigenvalue weighted by Crippen LogP contribution is -2.18. The van der Waals surface area contributed by atoms with Crippen LogP contribution in [0.25, 0.3) is 6.08 Å². The van der Waals surface area contributed by atoms with Crippen molar-refractivity contribution in [1.29, 1.82) is 0 Å². The number of carbonyl (C=O) groups excluding carboxylic acids is 5. The van der Waals surface area contributed by atoms with Gasteiger partial charge in [0, 0.05) is 29.6 Å². The SMILES string of the molecule is COC(=O)c1cc(OC(=O)c2cccc(N)c2)c(C(=O)OCCOC(=O)/C=C/c2ccccc2)cc1OC(=O)c1cccc(N)c1. The summed E-state index contributed by atoms with van der Waals surface area (Å²) in [6, 6.07) is 22.8. The second kappa shape index (κ2) is 15.3. The zero-order chi connectivity index (χ0) is 33.1. The predicted molar refractivity (Wildman–Crippen MR) is 166 cm³/mol. The molecular formula is C34H28N2O10. The summed E-state index contributed by atoms with van der Waals surface area (Å²) in [5, 5.41) is 0. The quantitative estimate of drug-likeness (QED) is 0.0596. The summed E-state index contributed by atoms with van der Waals surface area (Å²) >= 11 is 0. The van der Waals surface area contributed by atoms with Gasteiger partial charge in [0.2, 0.25) is 0 Å². The second-order valence-corrected chi connectivity index (χ2v) is 9.41. The average Bonchev–Trinajstić information content (AvgIpc) is 3.06. The number of anilines is 2. The normalized spacial score (nSPS) is 10.5. The lowest BCUT2D eigenvalue weighted by Gasteiger charge is -2.15. The Labute approximate surface area is 263 Å². The monoisotopic (exact) mass is 624 g/mol. The number of nitrogens with two attached hydrogens (primary N) is 2. The summed E-state index contributed by atoms with van der Waals surface area (Å²) in [7, 11) is 1.09. The van der Waals surface area contributed by atoms with Crippen LogP contribution in [0.4, 0.5) is 11.4 Å². The average molecular weight is 625 g/mol. The number of hydrogen-bond acceptors (Lipinski definition) is 12. The first kappa shape index (κ1) is 32.5. The van der Waals surface area contributed by atoms with Crippen LogP contribution >= 0.6 is 0 Å². The van der Waals surface area contributed by atoms with Crippen LogP contribution in [0.1, 0.15) is 47.0 Å². The fourth-order valence-electron chi connectivity index (χ4n) is 3.94. The lowest BCUT2D eigenvalue weighted by molar-refractivity contribution is -0.138. The molecular weight excluding hydrogens is 596 g/mol. The number of nitrogen functional groups attached to an aromatic ring is 2. The molecule has 46 heavy (non-hydrogen) atoms. The fraction of sp³-hybridized carbons (Fsp3) is 0.0882. The van der Waals surface area contributed by atoms with Crippen molar-refractivity contribution in [2.75, 3.05) is 31.8 Å². The molecule has 12 nitrogen and oxygen atoms in total. The van der Waals surface area contributed by atoms with Crippen LogP contribution in [0.5, 0.6) is 11.5 Å². The van der Waals surface area contributed by atoms with Gasteiger partial charge in [-0.3, -0.25) is 0 Å². The van der Waals surface area contributed by atoms with Crippen LogP contribution in [0.15, 0.2) is 97.1 Å². The third-order valence-corrected chi connectivity index (χ3v) is 6.13. The molecule has 0 saturated heterocycles. The summed E-state index contributed by atoms with van der Waals surface area (Å²) in [6.07, 6.45) is 2.78. The number of ether oxygens (including phenoxy) is 5. The molecule has 0 radical (unpaired) electrons. The summed E-state index contributed by atoms with van der Waals surface area (Å²) in [4.78, 5) is 63.9. The molecule has 0 fully saturated rings. The molecule has 4 rings (SSSR count). The molecule has 0 unspecified atom stereocenters. The Morgan fingerprint density at radius 2 is 1.13 bits per heavy atom. The van der Waals surface area contributed by atoms with Gasteiger partial charge >= 0.3 is 29.8 Å². The minimum absolute atomic E-state index is 0.0478. The van der Waals surface area contributed by atoms with Gasteiger partial charge in [-0.1, -0.05) is 42.5 Å². The molecule has 4 N–H and O–H groups in total. The largest absolute Gasteiger partial charge is 0.465 e. The van der Waals surface area contributed by atoms with E-state index in [1.54, 1.807) is 30.3 Å². The minimum atomic E-state index is -1.05. The first-order chi connectivity index (χ1) is 22.1. The molecule has 0 aromatic heterocycles. The van der Waals surface area contributed by atoms with Crippen molar-refractivity contribution in [3.8, 4) is 11.5 Å². The minimum Gasteiger partial charge on any atom is -0.465 e. The molecule has 12 heteroatoms. The molecule has 0 amide bonds. The van der Waals surface area contributed by atoms with Crippen LogP contribution in [0.3, 0.4) is 0 Å². The second-order valence-electron chi connectivity index (χ2n) is 9.41. The Bertz CT molecular complexity index is 1800. The Morgan fingerprint density at radius 1 is 0.609 bits per heavy atom. The first-order valence-corrected chi connectivity index (χ1v) is 13.6. The maximum Gasteiger partial charge on any atom is 0.343 e. The zero-order valence-electron chi connectivity index (χ0n) is 24.5. The van der Waals surface area contributed by atoms with E-state index in [9.17, 15) is 24.0 Å². The van der Waals surface area contributed by atoms with Gasteiger partial charge in [0.1, 0.15) is 35.8 Å². The predicted octanol–water partition coefficient (Wildman–Crippen LogP) is 4.49. The first-order valence-electron chi connectivity index (χ1n) is 13.6. The smallest absolute Gasteiger partial charge is 0.343 e.